The molecule has 15 heavy (non-hydrogen) atoms. The Morgan fingerprint density at radius 3 is 2.67 bits per heavy atom. The van der Waals surface area contributed by atoms with Crippen LogP contribution in [0.5, 0.6) is 0 Å². The van der Waals surface area contributed by atoms with E-state index in [1.165, 1.54) is 6.92 Å². The van der Waals surface area contributed by atoms with Crippen LogP contribution in [0.4, 0.5) is 0 Å². The highest BCUT2D eigenvalue weighted by Gasteiger charge is 2.13. The van der Waals surface area contributed by atoms with Crippen molar-refractivity contribution in [3.8, 4) is 0 Å². The number of hydrogen-bond donors (Lipinski definition) is 1. The van der Waals surface area contributed by atoms with E-state index in [-0.39, 0.29) is 25.1 Å². The molecule has 1 aromatic carbocycles. The SMILES string of the molecule is CC(=O)OCC(CO)c1ccccc1C. The number of aliphatic hydroxyl groups is 1. The first kappa shape index (κ1) is 11.7. The standard InChI is InChI=1S/C12H16O3/c1-9-5-3-4-6-12(9)11(7-13)8-15-10(2)14/h3-6,11,13H,7-8H2,1-2H3. The Morgan fingerprint density at radius 2 is 2.13 bits per heavy atom. The van der Waals surface area contributed by atoms with Crippen LogP contribution in [0.2, 0.25) is 0 Å². The second-order valence-electron chi connectivity index (χ2n) is 3.54. The molecular formula is C12H16O3. The Hall–Kier alpha value is -1.35. The molecule has 0 heterocycles. The number of esters is 1. The first-order valence-electron chi connectivity index (χ1n) is 4.95. The summed E-state index contributed by atoms with van der Waals surface area (Å²) in [7, 11) is 0. The van der Waals surface area contributed by atoms with Gasteiger partial charge in [0.25, 0.3) is 0 Å². The van der Waals surface area contributed by atoms with Crippen molar-refractivity contribution in [2.24, 2.45) is 0 Å². The van der Waals surface area contributed by atoms with Gasteiger partial charge in [0.2, 0.25) is 0 Å². The molecule has 0 spiro atoms. The summed E-state index contributed by atoms with van der Waals surface area (Å²) in [5.74, 6) is -0.447. The number of rotatable bonds is 4. The van der Waals surface area contributed by atoms with E-state index < -0.39 is 0 Å². The van der Waals surface area contributed by atoms with Crippen molar-refractivity contribution in [1.29, 1.82) is 0 Å². The fourth-order valence-corrected chi connectivity index (χ4v) is 1.50. The van der Waals surface area contributed by atoms with Gasteiger partial charge in [-0.1, -0.05) is 24.3 Å². The molecule has 82 valence electrons. The normalized spacial score (nSPS) is 12.2. The lowest BCUT2D eigenvalue weighted by Gasteiger charge is -2.16. The number of aryl methyl sites for hydroxylation is 1. The van der Waals surface area contributed by atoms with Gasteiger partial charge in [0.05, 0.1) is 6.61 Å². The lowest BCUT2D eigenvalue weighted by Crippen LogP contribution is -2.15. The van der Waals surface area contributed by atoms with E-state index in [1.54, 1.807) is 0 Å². The predicted molar refractivity (Wildman–Crippen MR) is 57.6 cm³/mol. The molecular weight excluding hydrogens is 192 g/mol. The fraction of sp³-hybridized carbons (Fsp3) is 0.417. The summed E-state index contributed by atoms with van der Waals surface area (Å²) < 4.78 is 4.91. The maximum Gasteiger partial charge on any atom is 0.302 e. The molecule has 0 aromatic heterocycles. The fourth-order valence-electron chi connectivity index (χ4n) is 1.50. The number of carbonyl (C=O) groups is 1. The van der Waals surface area contributed by atoms with Gasteiger partial charge in [0.15, 0.2) is 0 Å². The summed E-state index contributed by atoms with van der Waals surface area (Å²) in [5, 5.41) is 9.23. The zero-order valence-corrected chi connectivity index (χ0v) is 9.06. The van der Waals surface area contributed by atoms with Gasteiger partial charge in [-0.25, -0.2) is 0 Å². The van der Waals surface area contributed by atoms with E-state index in [9.17, 15) is 9.90 Å². The van der Waals surface area contributed by atoms with Crippen molar-refractivity contribution in [1.82, 2.24) is 0 Å². The molecule has 1 unspecified atom stereocenters. The summed E-state index contributed by atoms with van der Waals surface area (Å²) >= 11 is 0. The highest BCUT2D eigenvalue weighted by molar-refractivity contribution is 5.65. The molecule has 1 atom stereocenters. The van der Waals surface area contributed by atoms with Gasteiger partial charge in [-0.3, -0.25) is 4.79 Å². The summed E-state index contributed by atoms with van der Waals surface area (Å²) in [4.78, 5) is 10.7. The third kappa shape index (κ3) is 3.36. The van der Waals surface area contributed by atoms with Crippen LogP contribution in [-0.4, -0.2) is 24.3 Å². The summed E-state index contributed by atoms with van der Waals surface area (Å²) in [6.07, 6.45) is 0. The molecule has 0 saturated heterocycles. The minimum Gasteiger partial charge on any atom is -0.465 e. The predicted octanol–water partition coefficient (Wildman–Crippen LogP) is 1.63. The first-order valence-corrected chi connectivity index (χ1v) is 4.95. The van der Waals surface area contributed by atoms with Crippen LogP contribution in [0.3, 0.4) is 0 Å². The number of ether oxygens (including phenoxy) is 1. The Kier molecular flexibility index (Phi) is 4.31. The Balaban J connectivity index is 2.74. The Morgan fingerprint density at radius 1 is 1.47 bits per heavy atom. The Labute approximate surface area is 89.7 Å². The van der Waals surface area contributed by atoms with Crippen LogP contribution in [0.15, 0.2) is 24.3 Å². The molecule has 3 heteroatoms. The first-order chi connectivity index (χ1) is 7.15. The van der Waals surface area contributed by atoms with Gasteiger partial charge in [-0.05, 0) is 18.1 Å². The third-order valence-corrected chi connectivity index (χ3v) is 2.34. The summed E-state index contributed by atoms with van der Waals surface area (Å²) in [6.45, 7) is 3.56. The highest BCUT2D eigenvalue weighted by atomic mass is 16.5. The lowest BCUT2D eigenvalue weighted by molar-refractivity contribution is -0.141. The average Bonchev–Trinajstić information content (AvgIpc) is 2.21. The minimum absolute atomic E-state index is 0.0157. The molecule has 0 aliphatic rings. The van der Waals surface area contributed by atoms with E-state index in [2.05, 4.69) is 0 Å². The van der Waals surface area contributed by atoms with Crippen LogP contribution in [0, 0.1) is 6.92 Å². The lowest BCUT2D eigenvalue weighted by atomic mass is 9.96. The zero-order valence-electron chi connectivity index (χ0n) is 9.06. The third-order valence-electron chi connectivity index (χ3n) is 2.34. The maximum absolute atomic E-state index is 10.7. The molecule has 1 rings (SSSR count). The maximum atomic E-state index is 10.7. The monoisotopic (exact) mass is 208 g/mol. The van der Waals surface area contributed by atoms with Crippen molar-refractivity contribution < 1.29 is 14.6 Å². The van der Waals surface area contributed by atoms with E-state index in [0.29, 0.717) is 0 Å². The summed E-state index contributed by atoms with van der Waals surface area (Å²) in [6, 6.07) is 7.78. The van der Waals surface area contributed by atoms with Crippen LogP contribution in [0.1, 0.15) is 24.0 Å². The molecule has 3 nitrogen and oxygen atoms in total. The molecule has 0 amide bonds. The number of benzene rings is 1. The highest BCUT2D eigenvalue weighted by Crippen LogP contribution is 2.19. The molecule has 0 saturated carbocycles. The number of hydrogen-bond acceptors (Lipinski definition) is 3. The molecule has 0 aliphatic heterocycles. The quantitative estimate of drug-likeness (QED) is 0.765. The molecule has 1 aromatic rings. The van der Waals surface area contributed by atoms with Crippen LogP contribution in [0.25, 0.3) is 0 Å². The topological polar surface area (TPSA) is 46.5 Å². The Bertz CT molecular complexity index is 333. The van der Waals surface area contributed by atoms with Gasteiger partial charge in [-0.15, -0.1) is 0 Å². The van der Waals surface area contributed by atoms with Gasteiger partial charge in [-0.2, -0.15) is 0 Å². The zero-order chi connectivity index (χ0) is 11.3. The molecule has 1 N–H and O–H groups in total. The molecule has 0 aliphatic carbocycles. The van der Waals surface area contributed by atoms with Crippen molar-refractivity contribution >= 4 is 5.97 Å². The molecule has 0 fully saturated rings. The summed E-state index contributed by atoms with van der Waals surface area (Å²) in [5.41, 5.74) is 2.13. The van der Waals surface area contributed by atoms with E-state index in [1.807, 2.05) is 31.2 Å². The van der Waals surface area contributed by atoms with E-state index >= 15 is 0 Å². The second-order valence-corrected chi connectivity index (χ2v) is 3.54. The van der Waals surface area contributed by atoms with Gasteiger partial charge < -0.3 is 9.84 Å². The minimum atomic E-state index is -0.318. The van der Waals surface area contributed by atoms with Crippen molar-refractivity contribution in [2.45, 2.75) is 19.8 Å². The number of carbonyl (C=O) groups excluding carboxylic acids is 1. The van der Waals surface area contributed by atoms with E-state index in [4.69, 9.17) is 4.74 Å². The van der Waals surface area contributed by atoms with Crippen LogP contribution < -0.4 is 0 Å². The second kappa shape index (κ2) is 5.51. The molecule has 0 bridgehead atoms. The van der Waals surface area contributed by atoms with Crippen molar-refractivity contribution in [3.63, 3.8) is 0 Å². The van der Waals surface area contributed by atoms with Gasteiger partial charge in [0.1, 0.15) is 6.61 Å². The van der Waals surface area contributed by atoms with Gasteiger partial charge >= 0.3 is 5.97 Å². The van der Waals surface area contributed by atoms with E-state index in [0.717, 1.165) is 11.1 Å². The van der Waals surface area contributed by atoms with Gasteiger partial charge in [0, 0.05) is 12.8 Å². The average molecular weight is 208 g/mol. The largest absolute Gasteiger partial charge is 0.465 e. The number of aliphatic hydroxyl groups excluding tert-OH is 1. The smallest absolute Gasteiger partial charge is 0.302 e. The van der Waals surface area contributed by atoms with Crippen molar-refractivity contribution in [3.05, 3.63) is 35.4 Å². The molecule has 0 radical (unpaired) electrons. The van der Waals surface area contributed by atoms with Crippen molar-refractivity contribution in [2.75, 3.05) is 13.2 Å². The van der Waals surface area contributed by atoms with Crippen LogP contribution >= 0.6 is 0 Å². The van der Waals surface area contributed by atoms with Crippen LogP contribution in [-0.2, 0) is 9.53 Å².